The number of hydrogen-bond acceptors (Lipinski definition) is 4. The first-order valence-corrected chi connectivity index (χ1v) is 4.58. The zero-order valence-electron chi connectivity index (χ0n) is 8.66. The quantitative estimate of drug-likeness (QED) is 0.575. The lowest BCUT2D eigenvalue weighted by molar-refractivity contribution is -0.138. The third-order valence-corrected chi connectivity index (χ3v) is 2.20. The fraction of sp³-hybridized carbons (Fsp3) is 0.556. The minimum absolute atomic E-state index is 0.103. The molecule has 0 saturated carbocycles. The molecule has 15 heavy (non-hydrogen) atoms. The van der Waals surface area contributed by atoms with Crippen LogP contribution < -0.4 is 10.6 Å². The van der Waals surface area contributed by atoms with Gasteiger partial charge in [0.05, 0.1) is 18.6 Å². The first-order chi connectivity index (χ1) is 7.10. The SMILES string of the molecule is CNC(=O)C1=C(NC)OCC1CC(=O)O. The van der Waals surface area contributed by atoms with Gasteiger partial charge in [0.25, 0.3) is 5.91 Å². The zero-order valence-corrected chi connectivity index (χ0v) is 8.66. The largest absolute Gasteiger partial charge is 0.481 e. The molecule has 1 amide bonds. The lowest BCUT2D eigenvalue weighted by atomic mass is 9.97. The Balaban J connectivity index is 2.88. The van der Waals surface area contributed by atoms with Crippen LogP contribution in [0.4, 0.5) is 0 Å². The first kappa shape index (κ1) is 11.4. The Morgan fingerprint density at radius 2 is 2.20 bits per heavy atom. The van der Waals surface area contributed by atoms with Gasteiger partial charge in [-0.05, 0) is 0 Å². The Kier molecular flexibility index (Phi) is 3.54. The molecule has 0 aromatic carbocycles. The molecule has 1 aliphatic rings. The predicted octanol–water partition coefficient (Wildman–Crippen LogP) is -0.715. The predicted molar refractivity (Wildman–Crippen MR) is 51.8 cm³/mol. The molecule has 1 heterocycles. The second-order valence-corrected chi connectivity index (χ2v) is 3.18. The zero-order chi connectivity index (χ0) is 11.4. The van der Waals surface area contributed by atoms with Crippen molar-refractivity contribution in [3.63, 3.8) is 0 Å². The highest BCUT2D eigenvalue weighted by Gasteiger charge is 2.33. The summed E-state index contributed by atoms with van der Waals surface area (Å²) in [4.78, 5) is 22.1. The van der Waals surface area contributed by atoms with Crippen LogP contribution in [-0.4, -0.2) is 37.7 Å². The molecule has 0 saturated heterocycles. The van der Waals surface area contributed by atoms with Crippen LogP contribution in [0.15, 0.2) is 11.5 Å². The molecule has 1 rings (SSSR count). The molecule has 1 atom stereocenters. The van der Waals surface area contributed by atoms with E-state index in [0.29, 0.717) is 11.5 Å². The summed E-state index contributed by atoms with van der Waals surface area (Å²) in [6.07, 6.45) is -0.103. The molecular formula is C9H14N2O4. The van der Waals surface area contributed by atoms with E-state index >= 15 is 0 Å². The number of carboxylic acid groups (broad SMARTS) is 1. The fourth-order valence-corrected chi connectivity index (χ4v) is 1.53. The minimum atomic E-state index is -0.942. The average molecular weight is 214 g/mol. The summed E-state index contributed by atoms with van der Waals surface area (Å²) >= 11 is 0. The second kappa shape index (κ2) is 4.68. The third kappa shape index (κ3) is 2.39. The van der Waals surface area contributed by atoms with Crippen molar-refractivity contribution in [2.45, 2.75) is 6.42 Å². The summed E-state index contributed by atoms with van der Waals surface area (Å²) in [6, 6.07) is 0. The van der Waals surface area contributed by atoms with Crippen molar-refractivity contribution in [3.05, 3.63) is 11.5 Å². The summed E-state index contributed by atoms with van der Waals surface area (Å²) in [5.74, 6) is -1.27. The molecule has 6 heteroatoms. The summed E-state index contributed by atoms with van der Waals surface area (Å²) in [7, 11) is 3.13. The highest BCUT2D eigenvalue weighted by molar-refractivity contribution is 5.95. The summed E-state index contributed by atoms with van der Waals surface area (Å²) in [6.45, 7) is 0.227. The Morgan fingerprint density at radius 1 is 1.53 bits per heavy atom. The summed E-state index contributed by atoms with van der Waals surface area (Å²) in [5, 5.41) is 13.9. The van der Waals surface area contributed by atoms with Gasteiger partial charge in [0.2, 0.25) is 0 Å². The van der Waals surface area contributed by atoms with E-state index in [1.165, 1.54) is 7.05 Å². The van der Waals surface area contributed by atoms with E-state index in [-0.39, 0.29) is 24.9 Å². The van der Waals surface area contributed by atoms with Crippen molar-refractivity contribution >= 4 is 11.9 Å². The number of amides is 1. The standard InChI is InChI=1S/C9H14N2O4/c1-10-8(14)7-5(3-6(12)13)4-15-9(7)11-2/h5,11H,3-4H2,1-2H3,(H,10,14)(H,12,13). The second-order valence-electron chi connectivity index (χ2n) is 3.18. The molecule has 0 fully saturated rings. The minimum Gasteiger partial charge on any atom is -0.481 e. The maximum atomic E-state index is 11.5. The number of likely N-dealkylation sites (N-methyl/N-ethyl adjacent to an activating group) is 1. The number of hydrogen-bond donors (Lipinski definition) is 3. The number of rotatable bonds is 4. The summed E-state index contributed by atoms with van der Waals surface area (Å²) < 4.78 is 5.20. The smallest absolute Gasteiger partial charge is 0.304 e. The molecule has 0 aromatic rings. The Hall–Kier alpha value is -1.72. The highest BCUT2D eigenvalue weighted by Crippen LogP contribution is 2.26. The maximum Gasteiger partial charge on any atom is 0.304 e. The van der Waals surface area contributed by atoms with Gasteiger partial charge in [-0.3, -0.25) is 9.59 Å². The van der Waals surface area contributed by atoms with Gasteiger partial charge in [-0.25, -0.2) is 0 Å². The summed E-state index contributed by atoms with van der Waals surface area (Å²) in [5.41, 5.74) is 0.377. The van der Waals surface area contributed by atoms with Crippen LogP contribution in [0, 0.1) is 5.92 Å². The van der Waals surface area contributed by atoms with Crippen LogP contribution in [0.25, 0.3) is 0 Å². The van der Waals surface area contributed by atoms with Crippen molar-refractivity contribution in [2.75, 3.05) is 20.7 Å². The number of carbonyl (C=O) groups is 2. The van der Waals surface area contributed by atoms with Crippen LogP contribution in [0.5, 0.6) is 0 Å². The number of nitrogens with one attached hydrogen (secondary N) is 2. The van der Waals surface area contributed by atoms with Crippen molar-refractivity contribution in [2.24, 2.45) is 5.92 Å². The lowest BCUT2D eigenvalue weighted by Crippen LogP contribution is -2.27. The first-order valence-electron chi connectivity index (χ1n) is 4.58. The van der Waals surface area contributed by atoms with Gasteiger partial charge in [0.15, 0.2) is 5.88 Å². The molecule has 6 nitrogen and oxygen atoms in total. The van der Waals surface area contributed by atoms with Gasteiger partial charge in [-0.1, -0.05) is 0 Å². The number of carbonyl (C=O) groups excluding carboxylic acids is 1. The van der Waals surface area contributed by atoms with Crippen LogP contribution in [0.2, 0.25) is 0 Å². The highest BCUT2D eigenvalue weighted by atomic mass is 16.5. The van der Waals surface area contributed by atoms with Gasteiger partial charge in [0, 0.05) is 20.0 Å². The topological polar surface area (TPSA) is 87.7 Å². The van der Waals surface area contributed by atoms with E-state index in [1.807, 2.05) is 0 Å². The van der Waals surface area contributed by atoms with Gasteiger partial charge in [-0.15, -0.1) is 0 Å². The molecule has 3 N–H and O–H groups in total. The van der Waals surface area contributed by atoms with E-state index in [2.05, 4.69) is 10.6 Å². The Bertz CT molecular complexity index is 311. The lowest BCUT2D eigenvalue weighted by Gasteiger charge is -2.08. The fourth-order valence-electron chi connectivity index (χ4n) is 1.53. The molecule has 0 aromatic heterocycles. The molecule has 1 aliphatic heterocycles. The van der Waals surface area contributed by atoms with Crippen molar-refractivity contribution in [1.29, 1.82) is 0 Å². The van der Waals surface area contributed by atoms with Crippen LogP contribution in [-0.2, 0) is 14.3 Å². The normalized spacial score (nSPS) is 19.7. The Labute approximate surface area is 87.3 Å². The van der Waals surface area contributed by atoms with Crippen molar-refractivity contribution in [3.8, 4) is 0 Å². The molecule has 0 radical (unpaired) electrons. The average Bonchev–Trinajstić information content (AvgIpc) is 2.58. The van der Waals surface area contributed by atoms with E-state index in [0.717, 1.165) is 0 Å². The van der Waals surface area contributed by atoms with E-state index in [1.54, 1.807) is 7.05 Å². The van der Waals surface area contributed by atoms with Crippen LogP contribution in [0.1, 0.15) is 6.42 Å². The van der Waals surface area contributed by atoms with Crippen molar-refractivity contribution in [1.82, 2.24) is 10.6 Å². The number of aliphatic carboxylic acids is 1. The molecule has 0 bridgehead atoms. The number of carboxylic acids is 1. The maximum absolute atomic E-state index is 11.5. The van der Waals surface area contributed by atoms with Gasteiger partial charge < -0.3 is 20.5 Å². The third-order valence-electron chi connectivity index (χ3n) is 2.20. The van der Waals surface area contributed by atoms with E-state index in [9.17, 15) is 9.59 Å². The molecular weight excluding hydrogens is 200 g/mol. The van der Waals surface area contributed by atoms with Crippen LogP contribution >= 0.6 is 0 Å². The monoisotopic (exact) mass is 214 g/mol. The molecule has 84 valence electrons. The van der Waals surface area contributed by atoms with Gasteiger partial charge in [0.1, 0.15) is 0 Å². The number of ether oxygens (including phenoxy) is 1. The van der Waals surface area contributed by atoms with E-state index < -0.39 is 5.97 Å². The van der Waals surface area contributed by atoms with Gasteiger partial charge in [-0.2, -0.15) is 0 Å². The molecule has 0 spiro atoms. The van der Waals surface area contributed by atoms with Gasteiger partial charge >= 0.3 is 5.97 Å². The Morgan fingerprint density at radius 3 is 2.67 bits per heavy atom. The molecule has 0 aliphatic carbocycles. The van der Waals surface area contributed by atoms with Crippen LogP contribution in [0.3, 0.4) is 0 Å². The van der Waals surface area contributed by atoms with Crippen molar-refractivity contribution < 1.29 is 19.4 Å². The molecule has 1 unspecified atom stereocenters. The van der Waals surface area contributed by atoms with E-state index in [4.69, 9.17) is 9.84 Å².